The van der Waals surface area contributed by atoms with Crippen molar-refractivity contribution in [1.82, 2.24) is 0 Å². The Morgan fingerprint density at radius 1 is 1.42 bits per heavy atom. The van der Waals surface area contributed by atoms with Gasteiger partial charge in [-0.05, 0) is 13.8 Å². The minimum atomic E-state index is -1.04. The lowest BCUT2D eigenvalue weighted by Gasteiger charge is -2.27. The maximum atomic E-state index is 9.60. The summed E-state index contributed by atoms with van der Waals surface area (Å²) in [6.45, 7) is 5.01. The summed E-state index contributed by atoms with van der Waals surface area (Å²) in [5.41, 5.74) is -1.04. The molecule has 3 nitrogen and oxygen atoms in total. The first-order chi connectivity index (χ1) is 5.34. The molecule has 1 rings (SSSR count). The van der Waals surface area contributed by atoms with Crippen molar-refractivity contribution in [1.29, 1.82) is 0 Å². The molecular weight excluding hydrogens is 155 g/mol. The van der Waals surface area contributed by atoms with Gasteiger partial charge in [0.25, 0.3) is 0 Å². The Kier molecular flexibility index (Phi) is 2.52. The van der Waals surface area contributed by atoms with Gasteiger partial charge in [0.15, 0.2) is 0 Å². The number of aliphatic hydroxyl groups excluding tert-OH is 1. The number of ether oxygens (including phenoxy) is 1. The maximum absolute atomic E-state index is 9.60. The molecule has 0 aromatic carbocycles. The topological polar surface area (TPSA) is 49.7 Å². The highest BCUT2D eigenvalue weighted by atomic mass is 16.5. The van der Waals surface area contributed by atoms with Gasteiger partial charge < -0.3 is 14.9 Å². The third kappa shape index (κ3) is 1.65. The molecule has 1 aliphatic heterocycles. The van der Waals surface area contributed by atoms with Crippen LogP contribution in [0.1, 0.15) is 20.8 Å². The fraction of sp³-hybridized carbons (Fsp3) is 1.00. The van der Waals surface area contributed by atoms with Crippen LogP contribution in [-0.4, -0.2) is 41.9 Å². The summed E-state index contributed by atoms with van der Waals surface area (Å²) in [7, 11) is 5.56. The molecule has 68 valence electrons. The highest BCUT2D eigenvalue weighted by Gasteiger charge is 2.45. The van der Waals surface area contributed by atoms with Crippen LogP contribution in [0.3, 0.4) is 0 Å². The van der Waals surface area contributed by atoms with Crippen molar-refractivity contribution in [3.63, 3.8) is 0 Å². The van der Waals surface area contributed by atoms with E-state index in [1.54, 1.807) is 20.8 Å². The van der Waals surface area contributed by atoms with Gasteiger partial charge in [0.1, 0.15) is 14.0 Å². The Bertz CT molecular complexity index is 166. The highest BCUT2D eigenvalue weighted by molar-refractivity contribution is 6.11. The van der Waals surface area contributed by atoms with Crippen molar-refractivity contribution in [3.05, 3.63) is 0 Å². The van der Waals surface area contributed by atoms with Gasteiger partial charge in [-0.3, -0.25) is 0 Å². The number of rotatable bonds is 1. The van der Waals surface area contributed by atoms with Crippen LogP contribution in [0.2, 0.25) is 0 Å². The Hall–Kier alpha value is -0.0551. The standard InChI is InChI=1S/C8H15BO3/c1-4-5(10)6(8(2,3)11)12-7(4)9/h4-7,10-11H,1-3H3. The number of aliphatic hydroxyl groups is 2. The third-order valence-corrected chi connectivity index (χ3v) is 2.37. The van der Waals surface area contributed by atoms with Crippen molar-refractivity contribution >= 4 is 7.85 Å². The first-order valence-corrected chi connectivity index (χ1v) is 4.15. The third-order valence-electron chi connectivity index (χ3n) is 2.37. The van der Waals surface area contributed by atoms with E-state index >= 15 is 0 Å². The molecule has 0 bridgehead atoms. The summed E-state index contributed by atoms with van der Waals surface area (Å²) in [6.07, 6.45) is -1.26. The average molecular weight is 170 g/mol. The molecular formula is C8H15BO3. The van der Waals surface area contributed by atoms with Crippen LogP contribution >= 0.6 is 0 Å². The zero-order valence-corrected chi connectivity index (χ0v) is 7.69. The van der Waals surface area contributed by atoms with Crippen LogP contribution in [-0.2, 0) is 4.74 Å². The molecule has 1 fully saturated rings. The largest absolute Gasteiger partial charge is 0.390 e. The number of hydrogen-bond donors (Lipinski definition) is 2. The monoisotopic (exact) mass is 170 g/mol. The molecule has 0 aromatic heterocycles. The molecule has 1 heterocycles. The first-order valence-electron chi connectivity index (χ1n) is 4.15. The van der Waals surface area contributed by atoms with Gasteiger partial charge in [0, 0.05) is 11.9 Å². The Morgan fingerprint density at radius 2 is 1.92 bits per heavy atom. The Morgan fingerprint density at radius 3 is 2.08 bits per heavy atom. The lowest BCUT2D eigenvalue weighted by molar-refractivity contribution is -0.100. The van der Waals surface area contributed by atoms with Crippen molar-refractivity contribution in [2.75, 3.05) is 0 Å². The molecule has 1 saturated heterocycles. The minimum Gasteiger partial charge on any atom is -0.390 e. The molecule has 4 atom stereocenters. The van der Waals surface area contributed by atoms with Gasteiger partial charge in [-0.2, -0.15) is 0 Å². The zero-order valence-electron chi connectivity index (χ0n) is 7.69. The molecule has 2 N–H and O–H groups in total. The average Bonchev–Trinajstić information content (AvgIpc) is 2.15. The molecule has 0 saturated carbocycles. The second-order valence-electron chi connectivity index (χ2n) is 4.02. The fourth-order valence-corrected chi connectivity index (χ4v) is 1.43. The van der Waals surface area contributed by atoms with Crippen LogP contribution in [0.15, 0.2) is 0 Å². The zero-order chi connectivity index (χ0) is 9.52. The molecule has 4 heteroatoms. The van der Waals surface area contributed by atoms with Crippen LogP contribution in [0.4, 0.5) is 0 Å². The summed E-state index contributed by atoms with van der Waals surface area (Å²) in [5, 5.41) is 19.2. The SMILES string of the molecule is [B]C1OC(C(C)(C)O)C(O)C1C. The molecule has 2 radical (unpaired) electrons. The quantitative estimate of drug-likeness (QED) is 0.528. The van der Waals surface area contributed by atoms with E-state index in [0.29, 0.717) is 0 Å². The van der Waals surface area contributed by atoms with Crippen LogP contribution in [0, 0.1) is 5.92 Å². The van der Waals surface area contributed by atoms with Gasteiger partial charge in [-0.1, -0.05) is 6.92 Å². The highest BCUT2D eigenvalue weighted by Crippen LogP contribution is 2.31. The van der Waals surface area contributed by atoms with Crippen molar-refractivity contribution in [2.45, 2.75) is 44.6 Å². The summed E-state index contributed by atoms with van der Waals surface area (Å²) < 4.78 is 5.23. The molecule has 0 spiro atoms. The lowest BCUT2D eigenvalue weighted by Crippen LogP contribution is -2.43. The van der Waals surface area contributed by atoms with E-state index < -0.39 is 23.8 Å². The van der Waals surface area contributed by atoms with Crippen molar-refractivity contribution in [3.8, 4) is 0 Å². The summed E-state index contributed by atoms with van der Waals surface area (Å²) in [4.78, 5) is 0. The number of hydrogen-bond acceptors (Lipinski definition) is 3. The van der Waals surface area contributed by atoms with E-state index in [1.807, 2.05) is 0 Å². The first kappa shape index (κ1) is 10.0. The molecule has 1 aliphatic rings. The Balaban J connectivity index is 2.71. The normalized spacial score (nSPS) is 43.4. The van der Waals surface area contributed by atoms with Gasteiger partial charge in [-0.25, -0.2) is 0 Å². The van der Waals surface area contributed by atoms with Crippen molar-refractivity contribution in [2.24, 2.45) is 5.92 Å². The van der Waals surface area contributed by atoms with E-state index in [1.165, 1.54) is 0 Å². The van der Waals surface area contributed by atoms with Gasteiger partial charge in [-0.15, -0.1) is 0 Å². The predicted octanol–water partition coefficient (Wildman–Crippen LogP) is -0.352. The lowest BCUT2D eigenvalue weighted by atomic mass is 9.84. The second kappa shape index (κ2) is 3.02. The Labute approximate surface area is 74.1 Å². The summed E-state index contributed by atoms with van der Waals surface area (Å²) >= 11 is 0. The molecule has 0 aromatic rings. The minimum absolute atomic E-state index is 0.124. The summed E-state index contributed by atoms with van der Waals surface area (Å²) in [6, 6.07) is -0.476. The van der Waals surface area contributed by atoms with E-state index in [4.69, 9.17) is 12.6 Å². The predicted molar refractivity (Wildman–Crippen MR) is 45.9 cm³/mol. The molecule has 0 amide bonds. The maximum Gasteiger partial charge on any atom is 0.111 e. The van der Waals surface area contributed by atoms with E-state index in [-0.39, 0.29) is 5.92 Å². The fourth-order valence-electron chi connectivity index (χ4n) is 1.43. The van der Waals surface area contributed by atoms with Crippen LogP contribution in [0.25, 0.3) is 0 Å². The van der Waals surface area contributed by atoms with E-state index in [9.17, 15) is 10.2 Å². The second-order valence-corrected chi connectivity index (χ2v) is 4.02. The van der Waals surface area contributed by atoms with E-state index in [2.05, 4.69) is 0 Å². The summed E-state index contributed by atoms with van der Waals surface area (Å²) in [5.74, 6) is -0.124. The molecule has 12 heavy (non-hydrogen) atoms. The van der Waals surface area contributed by atoms with Crippen LogP contribution < -0.4 is 0 Å². The van der Waals surface area contributed by atoms with E-state index in [0.717, 1.165) is 0 Å². The van der Waals surface area contributed by atoms with Crippen molar-refractivity contribution < 1.29 is 14.9 Å². The van der Waals surface area contributed by atoms with Gasteiger partial charge in [0.05, 0.1) is 11.7 Å². The van der Waals surface area contributed by atoms with Gasteiger partial charge in [0.2, 0.25) is 0 Å². The van der Waals surface area contributed by atoms with Crippen LogP contribution in [0.5, 0.6) is 0 Å². The molecule has 0 aliphatic carbocycles. The molecule has 4 unspecified atom stereocenters. The van der Waals surface area contributed by atoms with Gasteiger partial charge >= 0.3 is 0 Å². The smallest absolute Gasteiger partial charge is 0.111 e.